The monoisotopic (exact) mass is 658 g/mol. The summed E-state index contributed by atoms with van der Waals surface area (Å²) < 4.78 is 22.7. The minimum Gasteiger partial charge on any atom is -0.462 e. The van der Waals surface area contributed by atoms with E-state index in [-0.39, 0.29) is 31.9 Å². The molecule has 1 aromatic carbocycles. The molecule has 1 heterocycles. The van der Waals surface area contributed by atoms with Crippen LogP contribution in [-0.4, -0.2) is 50.4 Å². The molecule has 1 aliphatic heterocycles. The van der Waals surface area contributed by atoms with Gasteiger partial charge < -0.3 is 18.9 Å². The van der Waals surface area contributed by atoms with Crippen molar-refractivity contribution in [1.82, 2.24) is 0 Å². The third kappa shape index (κ3) is 8.49. The van der Waals surface area contributed by atoms with Crippen LogP contribution in [0, 0.1) is 18.0 Å². The van der Waals surface area contributed by atoms with Crippen molar-refractivity contribution in [2.45, 2.75) is 46.6 Å². The van der Waals surface area contributed by atoms with Gasteiger partial charge >= 0.3 is 17.9 Å². The van der Waals surface area contributed by atoms with Gasteiger partial charge in [0.25, 0.3) is 0 Å². The summed E-state index contributed by atoms with van der Waals surface area (Å²) in [6.45, 7) is 8.00. The van der Waals surface area contributed by atoms with Gasteiger partial charge in [-0.05, 0) is 104 Å². The standard InChI is InChI=1S/C22H28I2O7/c1-21(2,7-8-22(3,4)20(27)31-13-15-12-30-15)19(26)29-10-9-28-18(25)16-6-5-14(23)11-17(16)24/h5-6,11,15H,7-10,12-13H2,1-4H3. The SMILES string of the molecule is CC(C)(CCC(C)(C)C(=O)OCC1CO1)C(=O)OCCOC(=O)c1ccc(I)cc1I. The minimum atomic E-state index is -0.785. The Morgan fingerprint density at radius 3 is 2.06 bits per heavy atom. The highest BCUT2D eigenvalue weighted by Gasteiger charge is 2.37. The van der Waals surface area contributed by atoms with Gasteiger partial charge in [0.1, 0.15) is 25.9 Å². The van der Waals surface area contributed by atoms with Gasteiger partial charge in [-0.3, -0.25) is 9.59 Å². The lowest BCUT2D eigenvalue weighted by atomic mass is 9.79. The molecule has 0 aromatic heterocycles. The second kappa shape index (κ2) is 11.3. The van der Waals surface area contributed by atoms with Gasteiger partial charge in [0.2, 0.25) is 0 Å². The first kappa shape index (κ1) is 26.3. The summed E-state index contributed by atoms with van der Waals surface area (Å²) in [5, 5.41) is 0. The molecule has 0 radical (unpaired) electrons. The summed E-state index contributed by atoms with van der Waals surface area (Å²) in [6.07, 6.45) is 0.947. The molecule has 0 aliphatic carbocycles. The Hall–Kier alpha value is -0.950. The van der Waals surface area contributed by atoms with Crippen LogP contribution >= 0.6 is 45.2 Å². The van der Waals surface area contributed by atoms with Crippen molar-refractivity contribution in [3.63, 3.8) is 0 Å². The van der Waals surface area contributed by atoms with Crippen LogP contribution in [0.1, 0.15) is 50.9 Å². The van der Waals surface area contributed by atoms with E-state index in [0.29, 0.717) is 25.0 Å². The predicted molar refractivity (Wildman–Crippen MR) is 131 cm³/mol. The maximum atomic E-state index is 12.5. The van der Waals surface area contributed by atoms with Crippen molar-refractivity contribution in [3.8, 4) is 0 Å². The molecular weight excluding hydrogens is 630 g/mol. The number of benzene rings is 1. The predicted octanol–water partition coefficient (Wildman–Crippen LogP) is 4.37. The van der Waals surface area contributed by atoms with Crippen LogP contribution in [0.5, 0.6) is 0 Å². The number of rotatable bonds is 11. The molecule has 1 aromatic rings. The van der Waals surface area contributed by atoms with Gasteiger partial charge in [0.15, 0.2) is 0 Å². The fourth-order valence-electron chi connectivity index (χ4n) is 2.55. The summed E-state index contributed by atoms with van der Waals surface area (Å²) in [4.78, 5) is 36.9. The summed E-state index contributed by atoms with van der Waals surface area (Å²) >= 11 is 4.26. The van der Waals surface area contributed by atoms with E-state index >= 15 is 0 Å². The van der Waals surface area contributed by atoms with E-state index in [2.05, 4.69) is 45.2 Å². The van der Waals surface area contributed by atoms with Crippen molar-refractivity contribution in [2.75, 3.05) is 26.4 Å². The fourth-order valence-corrected chi connectivity index (χ4v) is 4.38. The second-order valence-corrected chi connectivity index (χ2v) is 11.1. The van der Waals surface area contributed by atoms with Crippen molar-refractivity contribution in [1.29, 1.82) is 0 Å². The Balaban J connectivity index is 1.73. The van der Waals surface area contributed by atoms with E-state index < -0.39 is 22.8 Å². The molecule has 1 unspecified atom stereocenters. The molecule has 0 spiro atoms. The van der Waals surface area contributed by atoms with E-state index in [1.165, 1.54) is 0 Å². The van der Waals surface area contributed by atoms with Crippen LogP contribution in [0.2, 0.25) is 0 Å². The Labute approximate surface area is 210 Å². The topological polar surface area (TPSA) is 91.4 Å². The number of ether oxygens (including phenoxy) is 4. The summed E-state index contributed by atoms with van der Waals surface area (Å²) in [7, 11) is 0. The number of esters is 3. The molecule has 0 bridgehead atoms. The van der Waals surface area contributed by atoms with Crippen LogP contribution in [0.3, 0.4) is 0 Å². The van der Waals surface area contributed by atoms with Crippen LogP contribution in [0.15, 0.2) is 18.2 Å². The summed E-state index contributed by atoms with van der Waals surface area (Å²) in [5.41, 5.74) is -1.02. The maximum Gasteiger partial charge on any atom is 0.339 e. The molecule has 9 heteroatoms. The maximum absolute atomic E-state index is 12.5. The van der Waals surface area contributed by atoms with Crippen molar-refractivity contribution >= 4 is 63.1 Å². The van der Waals surface area contributed by atoms with E-state index in [0.717, 1.165) is 7.14 Å². The lowest BCUT2D eigenvalue weighted by molar-refractivity contribution is -0.159. The molecule has 2 rings (SSSR count). The first-order valence-electron chi connectivity index (χ1n) is 10.0. The van der Waals surface area contributed by atoms with Gasteiger partial charge in [-0.25, -0.2) is 4.79 Å². The van der Waals surface area contributed by atoms with Crippen molar-refractivity contribution in [3.05, 3.63) is 30.9 Å². The minimum absolute atomic E-state index is 0.0226. The fraction of sp³-hybridized carbons (Fsp3) is 0.591. The van der Waals surface area contributed by atoms with Gasteiger partial charge in [-0.1, -0.05) is 0 Å². The summed E-state index contributed by atoms with van der Waals surface area (Å²) in [6, 6.07) is 5.43. The van der Waals surface area contributed by atoms with Crippen molar-refractivity contribution in [2.24, 2.45) is 10.8 Å². The zero-order valence-corrected chi connectivity index (χ0v) is 22.5. The van der Waals surface area contributed by atoms with E-state index in [1.54, 1.807) is 33.8 Å². The van der Waals surface area contributed by atoms with E-state index in [1.807, 2.05) is 12.1 Å². The highest BCUT2D eigenvalue weighted by atomic mass is 127. The molecule has 0 N–H and O–H groups in total. The molecule has 1 saturated heterocycles. The molecule has 1 aliphatic rings. The molecular formula is C22H28I2O7. The number of halogens is 2. The molecule has 1 atom stereocenters. The second-order valence-electron chi connectivity index (χ2n) is 8.72. The largest absolute Gasteiger partial charge is 0.462 e. The lowest BCUT2D eigenvalue weighted by Crippen LogP contribution is -2.33. The number of carbonyl (C=O) groups excluding carboxylic acids is 3. The van der Waals surface area contributed by atoms with Gasteiger partial charge in [0.05, 0.1) is 23.0 Å². The smallest absolute Gasteiger partial charge is 0.339 e. The lowest BCUT2D eigenvalue weighted by Gasteiger charge is -2.28. The molecule has 172 valence electrons. The average molecular weight is 658 g/mol. The summed E-state index contributed by atoms with van der Waals surface area (Å²) in [5.74, 6) is -1.15. The molecule has 0 amide bonds. The molecule has 1 fully saturated rings. The van der Waals surface area contributed by atoms with E-state index in [4.69, 9.17) is 18.9 Å². The number of carbonyl (C=O) groups is 3. The Bertz CT molecular complexity index is 816. The van der Waals surface area contributed by atoms with Crippen LogP contribution in [-0.2, 0) is 28.5 Å². The number of epoxide rings is 1. The van der Waals surface area contributed by atoms with Crippen molar-refractivity contribution < 1.29 is 33.3 Å². The molecule has 7 nitrogen and oxygen atoms in total. The number of hydrogen-bond donors (Lipinski definition) is 0. The van der Waals surface area contributed by atoms with Gasteiger partial charge in [-0.2, -0.15) is 0 Å². The highest BCUT2D eigenvalue weighted by Crippen LogP contribution is 2.33. The average Bonchev–Trinajstić information content (AvgIpc) is 3.52. The molecule has 0 saturated carbocycles. The third-order valence-corrected chi connectivity index (χ3v) is 6.55. The zero-order chi connectivity index (χ0) is 23.2. The number of hydrogen-bond acceptors (Lipinski definition) is 7. The van der Waals surface area contributed by atoms with Crippen LogP contribution in [0.4, 0.5) is 0 Å². The molecule has 31 heavy (non-hydrogen) atoms. The first-order chi connectivity index (χ1) is 14.4. The zero-order valence-electron chi connectivity index (χ0n) is 18.2. The quantitative estimate of drug-likeness (QED) is 0.115. The highest BCUT2D eigenvalue weighted by molar-refractivity contribution is 14.1. The van der Waals surface area contributed by atoms with Crippen LogP contribution < -0.4 is 0 Å². The Morgan fingerprint density at radius 2 is 1.52 bits per heavy atom. The Kier molecular flexibility index (Phi) is 9.56. The van der Waals surface area contributed by atoms with Crippen LogP contribution in [0.25, 0.3) is 0 Å². The third-order valence-electron chi connectivity index (χ3n) is 4.98. The van der Waals surface area contributed by atoms with E-state index in [9.17, 15) is 14.4 Å². The first-order valence-corrected chi connectivity index (χ1v) is 12.2. The van der Waals surface area contributed by atoms with Gasteiger partial charge in [-0.15, -0.1) is 0 Å². The van der Waals surface area contributed by atoms with Gasteiger partial charge in [0, 0.05) is 7.14 Å². The Morgan fingerprint density at radius 1 is 0.968 bits per heavy atom. The normalized spacial score (nSPS) is 15.9.